The molecule has 5 rings (SSSR count). The third-order valence-electron chi connectivity index (χ3n) is 5.94. The molecule has 5 heterocycles. The highest BCUT2D eigenvalue weighted by Gasteiger charge is 2.17. The molecule has 4 aromatic heterocycles. The van der Waals surface area contributed by atoms with Gasteiger partial charge < -0.3 is 15.5 Å². The summed E-state index contributed by atoms with van der Waals surface area (Å²) in [5.74, 6) is 0.959. The fourth-order valence-electron chi connectivity index (χ4n) is 4.03. The molecular weight excluding hydrogens is 416 g/mol. The van der Waals surface area contributed by atoms with E-state index in [0.29, 0.717) is 23.2 Å². The number of likely N-dealkylation sites (tertiary alicyclic amines) is 1. The number of amides is 1. The van der Waals surface area contributed by atoms with Gasteiger partial charge in [-0.2, -0.15) is 5.10 Å². The number of carbonyl (C=O) groups excluding carboxylic acids is 1. The number of aromatic nitrogens is 5. The van der Waals surface area contributed by atoms with E-state index in [1.54, 1.807) is 41.6 Å². The van der Waals surface area contributed by atoms with Gasteiger partial charge in [0.05, 0.1) is 17.9 Å². The Hall–Kier alpha value is -3.85. The molecule has 33 heavy (non-hydrogen) atoms. The molecule has 4 aromatic rings. The summed E-state index contributed by atoms with van der Waals surface area (Å²) < 4.78 is 1.75. The first-order chi connectivity index (χ1) is 16.0. The second-order valence-electron chi connectivity index (χ2n) is 8.49. The summed E-state index contributed by atoms with van der Waals surface area (Å²) in [4.78, 5) is 28.4. The minimum absolute atomic E-state index is 0.230. The molecule has 1 aliphatic heterocycles. The first-order valence-electron chi connectivity index (χ1n) is 11.0. The molecule has 1 saturated heterocycles. The van der Waals surface area contributed by atoms with Gasteiger partial charge in [-0.05, 0) is 57.2 Å². The summed E-state index contributed by atoms with van der Waals surface area (Å²) in [7, 11) is 4.01. The van der Waals surface area contributed by atoms with Crippen molar-refractivity contribution in [3.05, 3.63) is 60.8 Å². The minimum Gasteiger partial charge on any atom is -0.367 e. The fraction of sp³-hybridized carbons (Fsp3) is 0.292. The number of nitrogens with one attached hydrogen (secondary N) is 2. The number of rotatable bonds is 5. The Labute approximate surface area is 191 Å². The lowest BCUT2D eigenvalue weighted by Crippen LogP contribution is -2.36. The molecule has 1 amide bonds. The number of aryl methyl sites for hydroxylation is 1. The van der Waals surface area contributed by atoms with Gasteiger partial charge in [0.15, 0.2) is 0 Å². The molecule has 0 atom stereocenters. The molecule has 1 aliphatic rings. The third kappa shape index (κ3) is 4.83. The number of piperidine rings is 1. The molecule has 1 fully saturated rings. The smallest absolute Gasteiger partial charge is 0.257 e. The van der Waals surface area contributed by atoms with Gasteiger partial charge in [-0.25, -0.2) is 9.97 Å². The SMILES string of the molecule is CN1CCC(Nc2cc(C(=O)Nc3cc4cc(-c5cnn(C)c5)cnc4cn3)ccn2)CC1. The van der Waals surface area contributed by atoms with E-state index in [1.807, 2.05) is 25.4 Å². The zero-order valence-electron chi connectivity index (χ0n) is 18.7. The summed E-state index contributed by atoms with van der Waals surface area (Å²) >= 11 is 0. The molecule has 0 radical (unpaired) electrons. The Bertz CT molecular complexity index is 1290. The zero-order valence-corrected chi connectivity index (χ0v) is 18.7. The van der Waals surface area contributed by atoms with Crippen molar-refractivity contribution >= 4 is 28.4 Å². The quantitative estimate of drug-likeness (QED) is 0.489. The second-order valence-corrected chi connectivity index (χ2v) is 8.49. The number of anilines is 2. The van der Waals surface area contributed by atoms with E-state index in [2.05, 4.69) is 42.6 Å². The molecule has 0 spiro atoms. The molecule has 0 aliphatic carbocycles. The minimum atomic E-state index is -0.230. The first-order valence-corrected chi connectivity index (χ1v) is 11.0. The standard InChI is InChI=1S/C24H26N8O/c1-31-7-4-20(5-8-31)29-22-10-16(3-6-25-22)24(33)30-23-11-17-9-18(12-26-21(17)14-27-23)19-13-28-32(2)15-19/h3,6,9-15,20H,4-5,7-8H2,1-2H3,(H,25,29)(H,27,30,33). The lowest BCUT2D eigenvalue weighted by Gasteiger charge is -2.29. The number of hydrogen-bond donors (Lipinski definition) is 2. The van der Waals surface area contributed by atoms with Crippen LogP contribution in [0.25, 0.3) is 22.0 Å². The second kappa shape index (κ2) is 8.95. The fourth-order valence-corrected chi connectivity index (χ4v) is 4.03. The van der Waals surface area contributed by atoms with Gasteiger partial charge in [0.25, 0.3) is 5.91 Å². The monoisotopic (exact) mass is 442 g/mol. The van der Waals surface area contributed by atoms with Crippen LogP contribution in [0.2, 0.25) is 0 Å². The van der Waals surface area contributed by atoms with E-state index in [0.717, 1.165) is 48.0 Å². The van der Waals surface area contributed by atoms with Crippen molar-refractivity contribution in [3.8, 4) is 11.1 Å². The molecule has 0 aromatic carbocycles. The van der Waals surface area contributed by atoms with Gasteiger partial charge in [-0.15, -0.1) is 0 Å². The van der Waals surface area contributed by atoms with Crippen LogP contribution in [0.3, 0.4) is 0 Å². The van der Waals surface area contributed by atoms with Crippen molar-refractivity contribution in [1.82, 2.24) is 29.6 Å². The maximum Gasteiger partial charge on any atom is 0.257 e. The van der Waals surface area contributed by atoms with Gasteiger partial charge in [0.2, 0.25) is 0 Å². The summed E-state index contributed by atoms with van der Waals surface area (Å²) in [6.45, 7) is 2.12. The number of nitrogens with zero attached hydrogens (tertiary/aromatic N) is 6. The van der Waals surface area contributed by atoms with Crippen LogP contribution < -0.4 is 10.6 Å². The van der Waals surface area contributed by atoms with E-state index in [1.165, 1.54) is 0 Å². The van der Waals surface area contributed by atoms with Crippen molar-refractivity contribution in [2.75, 3.05) is 30.8 Å². The predicted octanol–water partition coefficient (Wildman–Crippen LogP) is 3.18. The largest absolute Gasteiger partial charge is 0.367 e. The van der Waals surface area contributed by atoms with Crippen molar-refractivity contribution in [2.24, 2.45) is 7.05 Å². The van der Waals surface area contributed by atoms with Crippen LogP contribution in [-0.4, -0.2) is 61.7 Å². The Morgan fingerprint density at radius 3 is 2.61 bits per heavy atom. The van der Waals surface area contributed by atoms with Gasteiger partial charge >= 0.3 is 0 Å². The van der Waals surface area contributed by atoms with E-state index in [-0.39, 0.29) is 5.91 Å². The van der Waals surface area contributed by atoms with Gasteiger partial charge in [0, 0.05) is 53.8 Å². The molecule has 9 heteroatoms. The number of hydrogen-bond acceptors (Lipinski definition) is 7. The van der Waals surface area contributed by atoms with Crippen LogP contribution in [0.1, 0.15) is 23.2 Å². The Balaban J connectivity index is 1.31. The highest BCUT2D eigenvalue weighted by atomic mass is 16.1. The van der Waals surface area contributed by atoms with Crippen molar-refractivity contribution in [1.29, 1.82) is 0 Å². The summed E-state index contributed by atoms with van der Waals surface area (Å²) in [5, 5.41) is 11.5. The van der Waals surface area contributed by atoms with Crippen LogP contribution in [-0.2, 0) is 7.05 Å². The van der Waals surface area contributed by atoms with Gasteiger partial charge in [-0.1, -0.05) is 0 Å². The maximum atomic E-state index is 12.9. The normalized spacial score (nSPS) is 15.0. The van der Waals surface area contributed by atoms with E-state index in [4.69, 9.17) is 0 Å². The van der Waals surface area contributed by atoms with Gasteiger partial charge in [-0.3, -0.25) is 14.5 Å². The maximum absolute atomic E-state index is 12.9. The molecule has 0 saturated carbocycles. The van der Waals surface area contributed by atoms with Crippen LogP contribution >= 0.6 is 0 Å². The van der Waals surface area contributed by atoms with E-state index >= 15 is 0 Å². The molecule has 0 bridgehead atoms. The molecular formula is C24H26N8O. The average molecular weight is 443 g/mol. The van der Waals surface area contributed by atoms with Crippen LogP contribution in [0.15, 0.2) is 55.2 Å². The molecule has 0 unspecified atom stereocenters. The first kappa shape index (κ1) is 21.0. The summed E-state index contributed by atoms with van der Waals surface area (Å²) in [6.07, 6.45) is 11.0. The van der Waals surface area contributed by atoms with Crippen molar-refractivity contribution < 1.29 is 4.79 Å². The van der Waals surface area contributed by atoms with Gasteiger partial charge in [0.1, 0.15) is 11.6 Å². The molecule has 9 nitrogen and oxygen atoms in total. The summed E-state index contributed by atoms with van der Waals surface area (Å²) in [5.41, 5.74) is 3.23. The van der Waals surface area contributed by atoms with Crippen LogP contribution in [0.4, 0.5) is 11.6 Å². The van der Waals surface area contributed by atoms with Crippen molar-refractivity contribution in [3.63, 3.8) is 0 Å². The lowest BCUT2D eigenvalue weighted by atomic mass is 10.1. The number of carbonyl (C=O) groups is 1. The van der Waals surface area contributed by atoms with E-state index in [9.17, 15) is 4.79 Å². The Kier molecular flexibility index (Phi) is 5.70. The topological polar surface area (TPSA) is 101 Å². The number of fused-ring (bicyclic) bond motifs is 1. The Morgan fingerprint density at radius 1 is 0.970 bits per heavy atom. The summed E-state index contributed by atoms with van der Waals surface area (Å²) in [6, 6.07) is 7.72. The highest BCUT2D eigenvalue weighted by Crippen LogP contribution is 2.23. The molecule has 2 N–H and O–H groups in total. The van der Waals surface area contributed by atoms with E-state index < -0.39 is 0 Å². The Morgan fingerprint density at radius 2 is 1.82 bits per heavy atom. The van der Waals surface area contributed by atoms with Crippen molar-refractivity contribution in [2.45, 2.75) is 18.9 Å². The number of pyridine rings is 3. The molecule has 168 valence electrons. The third-order valence-corrected chi connectivity index (χ3v) is 5.94. The van der Waals surface area contributed by atoms with Crippen LogP contribution in [0.5, 0.6) is 0 Å². The van der Waals surface area contributed by atoms with Crippen LogP contribution in [0, 0.1) is 0 Å². The predicted molar refractivity (Wildman–Crippen MR) is 128 cm³/mol. The zero-order chi connectivity index (χ0) is 22.8. The average Bonchev–Trinajstić information content (AvgIpc) is 3.26. The lowest BCUT2D eigenvalue weighted by molar-refractivity contribution is 0.102. The highest BCUT2D eigenvalue weighted by molar-refractivity contribution is 6.04.